The summed E-state index contributed by atoms with van der Waals surface area (Å²) in [6.45, 7) is 2.88. The maximum Gasteiger partial charge on any atom is 0.243 e. The van der Waals surface area contributed by atoms with Crippen LogP contribution in [0.5, 0.6) is 0 Å². The van der Waals surface area contributed by atoms with Crippen LogP contribution >= 0.6 is 0 Å². The van der Waals surface area contributed by atoms with Crippen LogP contribution in [0.15, 0.2) is 35.4 Å². The largest absolute Gasteiger partial charge is 0.311 e. The molecule has 3 aliphatic rings. The van der Waals surface area contributed by atoms with Crippen LogP contribution in [0.25, 0.3) is 0 Å². The summed E-state index contributed by atoms with van der Waals surface area (Å²) in [6.07, 6.45) is 9.50. The lowest BCUT2D eigenvalue weighted by molar-refractivity contribution is -0.121. The lowest BCUT2D eigenvalue weighted by Gasteiger charge is -2.31. The molecule has 2 aromatic rings. The molecule has 5 rings (SSSR count). The number of anilines is 1. The molecule has 1 amide bonds. The second kappa shape index (κ2) is 8.63. The fourth-order valence-corrected chi connectivity index (χ4v) is 6.64. The summed E-state index contributed by atoms with van der Waals surface area (Å²) < 4.78 is 29.9. The maximum absolute atomic E-state index is 13.2. The number of nitrogens with zero attached hydrogens (tertiary/aromatic N) is 3. The molecule has 1 atom stereocenters. The Kier molecular flexibility index (Phi) is 5.84. The second-order valence-corrected chi connectivity index (χ2v) is 11.5. The van der Waals surface area contributed by atoms with Gasteiger partial charge in [-0.2, -0.15) is 9.40 Å². The van der Waals surface area contributed by atoms with Crippen molar-refractivity contribution < 1.29 is 13.2 Å². The molecular weight excluding hydrogens is 424 g/mol. The van der Waals surface area contributed by atoms with Gasteiger partial charge in [0.2, 0.25) is 15.9 Å². The summed E-state index contributed by atoms with van der Waals surface area (Å²) in [4.78, 5) is 13.3. The summed E-state index contributed by atoms with van der Waals surface area (Å²) in [7, 11) is -3.53. The van der Waals surface area contributed by atoms with Gasteiger partial charge in [0.05, 0.1) is 17.1 Å². The number of benzene rings is 1. The number of amides is 1. The van der Waals surface area contributed by atoms with Gasteiger partial charge >= 0.3 is 0 Å². The summed E-state index contributed by atoms with van der Waals surface area (Å²) >= 11 is 0. The average Bonchev–Trinajstić information content (AvgIpc) is 3.57. The van der Waals surface area contributed by atoms with E-state index < -0.39 is 10.0 Å². The van der Waals surface area contributed by atoms with Crippen molar-refractivity contribution in [2.75, 3.05) is 18.4 Å². The number of sulfonamides is 1. The number of hydrogen-bond donors (Lipinski definition) is 1. The summed E-state index contributed by atoms with van der Waals surface area (Å²) in [5, 5.41) is 7.44. The van der Waals surface area contributed by atoms with Crippen LogP contribution in [0.4, 0.5) is 5.82 Å². The minimum absolute atomic E-state index is 0.0411. The molecule has 32 heavy (non-hydrogen) atoms. The van der Waals surface area contributed by atoms with Gasteiger partial charge in [-0.05, 0) is 87.5 Å². The molecule has 1 N–H and O–H groups in total. The van der Waals surface area contributed by atoms with Gasteiger partial charge in [0.25, 0.3) is 0 Å². The van der Waals surface area contributed by atoms with Crippen LogP contribution in [-0.2, 0) is 27.7 Å². The Labute approximate surface area is 190 Å². The maximum atomic E-state index is 13.2. The molecule has 0 bridgehead atoms. The first kappa shape index (κ1) is 21.6. The standard InChI is InChI=1S/C24H32N4O3S/c1-17(18-6-7-18)28-23(10-13-25-28)26-24(29)20-11-14-27(15-12-20)32(30,31)22-9-8-19-4-2-3-5-21(19)16-22/h8-10,13,16-18,20H,2-7,11-12,14-15H2,1H3,(H,26,29). The average molecular weight is 457 g/mol. The molecule has 2 aliphatic carbocycles. The first-order valence-electron chi connectivity index (χ1n) is 11.9. The van der Waals surface area contributed by atoms with Crippen molar-refractivity contribution >= 4 is 21.7 Å². The quantitative estimate of drug-likeness (QED) is 0.717. The number of carbonyl (C=O) groups excluding carboxylic acids is 1. The van der Waals surface area contributed by atoms with Crippen molar-refractivity contribution in [2.45, 2.75) is 69.2 Å². The molecule has 2 fully saturated rings. The highest BCUT2D eigenvalue weighted by molar-refractivity contribution is 7.89. The van der Waals surface area contributed by atoms with Crippen LogP contribution in [0, 0.1) is 11.8 Å². The van der Waals surface area contributed by atoms with Crippen LogP contribution in [-0.4, -0.2) is 41.5 Å². The molecular formula is C24H32N4O3S. The predicted molar refractivity (Wildman–Crippen MR) is 123 cm³/mol. The van der Waals surface area contributed by atoms with Gasteiger partial charge < -0.3 is 5.32 Å². The van der Waals surface area contributed by atoms with E-state index in [-0.39, 0.29) is 17.9 Å². The van der Waals surface area contributed by atoms with Crippen molar-refractivity contribution in [3.05, 3.63) is 41.6 Å². The van der Waals surface area contributed by atoms with E-state index >= 15 is 0 Å². The van der Waals surface area contributed by atoms with Gasteiger partial charge in [0, 0.05) is 25.1 Å². The SMILES string of the molecule is CC(C1CC1)n1nccc1NC(=O)C1CCN(S(=O)(=O)c2ccc3c(c2)CCCC3)CC1. The van der Waals surface area contributed by atoms with E-state index in [0.717, 1.165) is 25.1 Å². The van der Waals surface area contributed by atoms with Gasteiger partial charge in [0.1, 0.15) is 5.82 Å². The topological polar surface area (TPSA) is 84.3 Å². The van der Waals surface area contributed by atoms with Gasteiger partial charge in [-0.25, -0.2) is 13.1 Å². The Morgan fingerprint density at radius 1 is 1.06 bits per heavy atom. The zero-order chi connectivity index (χ0) is 22.3. The highest BCUT2D eigenvalue weighted by atomic mass is 32.2. The third-order valence-electron chi connectivity index (χ3n) is 7.39. The highest BCUT2D eigenvalue weighted by Crippen LogP contribution is 2.40. The van der Waals surface area contributed by atoms with Crippen LogP contribution in [0.1, 0.15) is 62.6 Å². The van der Waals surface area contributed by atoms with Crippen LogP contribution in [0.2, 0.25) is 0 Å². The number of fused-ring (bicyclic) bond motifs is 1. The van der Waals surface area contributed by atoms with E-state index in [0.29, 0.717) is 36.7 Å². The molecule has 1 aromatic heterocycles. The molecule has 172 valence electrons. The molecule has 1 saturated heterocycles. The van der Waals surface area contributed by atoms with Crippen molar-refractivity contribution in [3.63, 3.8) is 0 Å². The number of hydrogen-bond acceptors (Lipinski definition) is 4. The molecule has 0 radical (unpaired) electrons. The third-order valence-corrected chi connectivity index (χ3v) is 9.29. The minimum Gasteiger partial charge on any atom is -0.311 e. The van der Waals surface area contributed by atoms with E-state index in [1.54, 1.807) is 16.6 Å². The Morgan fingerprint density at radius 3 is 2.50 bits per heavy atom. The highest BCUT2D eigenvalue weighted by Gasteiger charge is 2.34. The van der Waals surface area contributed by atoms with Crippen molar-refractivity contribution in [2.24, 2.45) is 11.8 Å². The second-order valence-electron chi connectivity index (χ2n) is 9.54. The monoisotopic (exact) mass is 456 g/mol. The molecule has 7 nitrogen and oxygen atoms in total. The lowest BCUT2D eigenvalue weighted by atomic mass is 9.92. The molecule has 1 saturated carbocycles. The third kappa shape index (κ3) is 4.22. The Hall–Kier alpha value is -2.19. The van der Waals surface area contributed by atoms with E-state index in [1.807, 2.05) is 22.9 Å². The van der Waals surface area contributed by atoms with E-state index in [9.17, 15) is 13.2 Å². The van der Waals surface area contributed by atoms with E-state index in [1.165, 1.54) is 30.4 Å². The molecule has 0 spiro atoms. The van der Waals surface area contributed by atoms with E-state index in [4.69, 9.17) is 0 Å². The normalized spacial score (nSPS) is 21.2. The van der Waals surface area contributed by atoms with Crippen molar-refractivity contribution in [1.82, 2.24) is 14.1 Å². The Morgan fingerprint density at radius 2 is 1.78 bits per heavy atom. The summed E-state index contributed by atoms with van der Waals surface area (Å²) in [5.41, 5.74) is 2.45. The van der Waals surface area contributed by atoms with Gasteiger partial charge in [0.15, 0.2) is 0 Å². The fourth-order valence-electron chi connectivity index (χ4n) is 5.12. The first-order valence-corrected chi connectivity index (χ1v) is 13.3. The number of aryl methyl sites for hydroxylation is 2. The Bertz CT molecular complexity index is 1100. The summed E-state index contributed by atoms with van der Waals surface area (Å²) in [5.74, 6) is 1.14. The number of nitrogens with one attached hydrogen (secondary N) is 1. The molecule has 2 heterocycles. The zero-order valence-corrected chi connectivity index (χ0v) is 19.5. The zero-order valence-electron chi connectivity index (χ0n) is 18.7. The van der Waals surface area contributed by atoms with Crippen LogP contribution in [0.3, 0.4) is 0 Å². The summed E-state index contributed by atoms with van der Waals surface area (Å²) in [6, 6.07) is 7.72. The molecule has 1 aromatic carbocycles. The first-order chi connectivity index (χ1) is 15.4. The number of piperidine rings is 1. The van der Waals surface area contributed by atoms with Gasteiger partial charge in [-0.15, -0.1) is 0 Å². The predicted octanol–water partition coefficient (Wildman–Crippen LogP) is 3.77. The van der Waals surface area contributed by atoms with Gasteiger partial charge in [-0.3, -0.25) is 4.79 Å². The van der Waals surface area contributed by atoms with E-state index in [2.05, 4.69) is 17.3 Å². The number of rotatable bonds is 6. The van der Waals surface area contributed by atoms with Crippen molar-refractivity contribution in [3.8, 4) is 0 Å². The number of aromatic nitrogens is 2. The molecule has 1 aliphatic heterocycles. The fraction of sp³-hybridized carbons (Fsp3) is 0.583. The minimum atomic E-state index is -3.53. The Balaban J connectivity index is 1.21. The number of carbonyl (C=O) groups is 1. The lowest BCUT2D eigenvalue weighted by Crippen LogP contribution is -2.41. The van der Waals surface area contributed by atoms with Crippen LogP contribution < -0.4 is 5.32 Å². The van der Waals surface area contributed by atoms with Crippen molar-refractivity contribution in [1.29, 1.82) is 0 Å². The molecule has 1 unspecified atom stereocenters. The molecule has 8 heteroatoms. The van der Waals surface area contributed by atoms with Gasteiger partial charge in [-0.1, -0.05) is 6.07 Å². The smallest absolute Gasteiger partial charge is 0.243 e.